The Hall–Kier alpha value is 0.200. The van der Waals surface area contributed by atoms with E-state index in [9.17, 15) is 0 Å². The van der Waals surface area contributed by atoms with Crippen molar-refractivity contribution in [3.63, 3.8) is 0 Å². The molecule has 1 aliphatic heterocycles. The van der Waals surface area contributed by atoms with Crippen LogP contribution in [0.15, 0.2) is 5.38 Å². The van der Waals surface area contributed by atoms with Crippen LogP contribution in [-0.2, 0) is 6.54 Å². The fourth-order valence-electron chi connectivity index (χ4n) is 1.92. The van der Waals surface area contributed by atoms with Crippen molar-refractivity contribution < 1.29 is 0 Å². The lowest BCUT2D eigenvalue weighted by Crippen LogP contribution is -2.28. The summed E-state index contributed by atoms with van der Waals surface area (Å²) in [4.78, 5) is 2.33. The molecule has 0 amide bonds. The average Bonchev–Trinajstić information content (AvgIpc) is 2.65. The number of rotatable bonds is 2. The van der Waals surface area contributed by atoms with Gasteiger partial charge in [0.1, 0.15) is 4.34 Å². The molecule has 2 unspecified atom stereocenters. The molecule has 0 bridgehead atoms. The van der Waals surface area contributed by atoms with Crippen molar-refractivity contribution in [3.05, 3.63) is 20.3 Å². The number of halogens is 2. The zero-order chi connectivity index (χ0) is 11.0. The highest BCUT2D eigenvalue weighted by atomic mass is 35.5. The fourth-order valence-corrected chi connectivity index (χ4v) is 3.16. The van der Waals surface area contributed by atoms with Crippen molar-refractivity contribution in [3.8, 4) is 0 Å². The van der Waals surface area contributed by atoms with Crippen molar-refractivity contribution in [2.24, 2.45) is 11.7 Å². The Balaban J connectivity index is 2.01. The van der Waals surface area contributed by atoms with Gasteiger partial charge in [0.05, 0.1) is 5.02 Å². The van der Waals surface area contributed by atoms with Crippen molar-refractivity contribution in [2.45, 2.75) is 19.5 Å². The Labute approximate surface area is 104 Å². The highest BCUT2D eigenvalue weighted by Gasteiger charge is 2.27. The van der Waals surface area contributed by atoms with Gasteiger partial charge in [-0.15, -0.1) is 11.3 Å². The number of nitrogens with two attached hydrogens (primary N) is 1. The summed E-state index contributed by atoms with van der Waals surface area (Å²) in [6, 6.07) is 0.290. The zero-order valence-electron chi connectivity index (χ0n) is 8.54. The first kappa shape index (κ1) is 11.7. The molecule has 1 aromatic rings. The molecule has 2 nitrogen and oxygen atoms in total. The summed E-state index contributed by atoms with van der Waals surface area (Å²) in [7, 11) is 0. The van der Waals surface area contributed by atoms with Crippen molar-refractivity contribution >= 4 is 34.5 Å². The fraction of sp³-hybridized carbons (Fsp3) is 0.600. The predicted molar refractivity (Wildman–Crippen MR) is 66.8 cm³/mol. The number of nitrogens with zero attached hydrogens (tertiary/aromatic N) is 1. The van der Waals surface area contributed by atoms with Gasteiger partial charge in [-0.05, 0) is 16.9 Å². The van der Waals surface area contributed by atoms with E-state index in [1.54, 1.807) is 0 Å². The van der Waals surface area contributed by atoms with Crippen LogP contribution < -0.4 is 5.73 Å². The van der Waals surface area contributed by atoms with Crippen molar-refractivity contribution in [2.75, 3.05) is 13.1 Å². The van der Waals surface area contributed by atoms with E-state index >= 15 is 0 Å². The van der Waals surface area contributed by atoms with E-state index in [2.05, 4.69) is 11.8 Å². The molecule has 2 N–H and O–H groups in total. The lowest BCUT2D eigenvalue weighted by Gasteiger charge is -2.14. The molecule has 1 saturated heterocycles. The molecule has 0 radical (unpaired) electrons. The Morgan fingerprint density at radius 1 is 1.53 bits per heavy atom. The van der Waals surface area contributed by atoms with Crippen LogP contribution in [0.25, 0.3) is 0 Å². The third-order valence-electron chi connectivity index (χ3n) is 2.90. The molecule has 1 aromatic heterocycles. The highest BCUT2D eigenvalue weighted by molar-refractivity contribution is 7.15. The first-order chi connectivity index (χ1) is 7.08. The Morgan fingerprint density at radius 3 is 2.73 bits per heavy atom. The van der Waals surface area contributed by atoms with Crippen LogP contribution in [0.2, 0.25) is 9.36 Å². The summed E-state index contributed by atoms with van der Waals surface area (Å²) < 4.78 is 0.684. The molecule has 15 heavy (non-hydrogen) atoms. The molecular formula is C10H14Cl2N2S. The summed E-state index contributed by atoms with van der Waals surface area (Å²) in [5.74, 6) is 0.567. The van der Waals surface area contributed by atoms with Gasteiger partial charge in [0, 0.05) is 25.7 Å². The summed E-state index contributed by atoms with van der Waals surface area (Å²) >= 11 is 13.5. The van der Waals surface area contributed by atoms with Crippen LogP contribution in [0.5, 0.6) is 0 Å². The molecule has 2 atom stereocenters. The second-order valence-corrected chi connectivity index (χ2v) is 6.04. The maximum Gasteiger partial charge on any atom is 0.112 e. The highest BCUT2D eigenvalue weighted by Crippen LogP contribution is 2.33. The zero-order valence-corrected chi connectivity index (χ0v) is 10.9. The van der Waals surface area contributed by atoms with Crippen LogP contribution in [-0.4, -0.2) is 24.0 Å². The molecule has 84 valence electrons. The van der Waals surface area contributed by atoms with Crippen LogP contribution in [0, 0.1) is 5.92 Å². The van der Waals surface area contributed by atoms with E-state index in [-0.39, 0.29) is 6.04 Å². The number of hydrogen-bond acceptors (Lipinski definition) is 3. The molecule has 1 fully saturated rings. The van der Waals surface area contributed by atoms with Gasteiger partial charge in [-0.1, -0.05) is 30.1 Å². The first-order valence-corrected chi connectivity index (χ1v) is 6.60. The van der Waals surface area contributed by atoms with E-state index < -0.39 is 0 Å². The molecule has 0 aliphatic carbocycles. The largest absolute Gasteiger partial charge is 0.326 e. The second kappa shape index (κ2) is 4.60. The van der Waals surface area contributed by atoms with Gasteiger partial charge >= 0.3 is 0 Å². The SMILES string of the molecule is CC1CN(Cc2csc(Cl)c2Cl)CC1N. The molecule has 1 aliphatic rings. The Morgan fingerprint density at radius 2 is 2.27 bits per heavy atom. The van der Waals surface area contributed by atoms with Crippen molar-refractivity contribution in [1.82, 2.24) is 4.90 Å². The maximum absolute atomic E-state index is 6.08. The monoisotopic (exact) mass is 264 g/mol. The van der Waals surface area contributed by atoms with E-state index in [4.69, 9.17) is 28.9 Å². The third kappa shape index (κ3) is 2.48. The first-order valence-electron chi connectivity index (χ1n) is 4.97. The quantitative estimate of drug-likeness (QED) is 0.891. The van der Waals surface area contributed by atoms with Gasteiger partial charge < -0.3 is 5.73 Å². The van der Waals surface area contributed by atoms with Gasteiger partial charge in [-0.25, -0.2) is 0 Å². The normalized spacial score (nSPS) is 27.5. The summed E-state index contributed by atoms with van der Waals surface area (Å²) in [6.45, 7) is 5.04. The minimum atomic E-state index is 0.290. The molecule has 2 heterocycles. The van der Waals surface area contributed by atoms with E-state index in [1.807, 2.05) is 5.38 Å². The van der Waals surface area contributed by atoms with Gasteiger partial charge in [0.15, 0.2) is 0 Å². The molecule has 2 rings (SSSR count). The summed E-state index contributed by atoms with van der Waals surface area (Å²) in [5.41, 5.74) is 7.09. The van der Waals surface area contributed by atoms with Crippen LogP contribution >= 0.6 is 34.5 Å². The smallest absolute Gasteiger partial charge is 0.112 e. The lowest BCUT2D eigenvalue weighted by molar-refractivity contribution is 0.319. The Bertz CT molecular complexity index is 343. The maximum atomic E-state index is 6.08. The standard InChI is InChI=1S/C10H14Cl2N2S/c1-6-2-14(4-8(6)13)3-7-5-15-10(12)9(7)11/h5-6,8H,2-4,13H2,1H3. The van der Waals surface area contributed by atoms with E-state index in [1.165, 1.54) is 11.3 Å². The summed E-state index contributed by atoms with van der Waals surface area (Å²) in [5, 5.41) is 2.73. The molecule has 5 heteroatoms. The summed E-state index contributed by atoms with van der Waals surface area (Å²) in [6.07, 6.45) is 0. The topological polar surface area (TPSA) is 29.3 Å². The molecular weight excluding hydrogens is 251 g/mol. The average molecular weight is 265 g/mol. The van der Waals surface area contributed by atoms with Gasteiger partial charge in [-0.2, -0.15) is 0 Å². The van der Waals surface area contributed by atoms with Crippen LogP contribution in [0.3, 0.4) is 0 Å². The van der Waals surface area contributed by atoms with E-state index in [0.29, 0.717) is 15.3 Å². The van der Waals surface area contributed by atoms with Gasteiger partial charge in [0.25, 0.3) is 0 Å². The van der Waals surface area contributed by atoms with Crippen LogP contribution in [0.4, 0.5) is 0 Å². The lowest BCUT2D eigenvalue weighted by atomic mass is 10.1. The van der Waals surface area contributed by atoms with Crippen molar-refractivity contribution in [1.29, 1.82) is 0 Å². The van der Waals surface area contributed by atoms with Gasteiger partial charge in [-0.3, -0.25) is 4.90 Å². The van der Waals surface area contributed by atoms with Crippen LogP contribution in [0.1, 0.15) is 12.5 Å². The molecule has 0 aromatic carbocycles. The molecule has 0 saturated carbocycles. The predicted octanol–water partition coefficient (Wildman–Crippen LogP) is 2.83. The minimum absolute atomic E-state index is 0.290. The van der Waals surface area contributed by atoms with E-state index in [0.717, 1.165) is 25.2 Å². The Kier molecular flexibility index (Phi) is 3.58. The number of hydrogen-bond donors (Lipinski definition) is 1. The number of thiophene rings is 1. The third-order valence-corrected chi connectivity index (χ3v) is 4.81. The minimum Gasteiger partial charge on any atom is -0.326 e. The van der Waals surface area contributed by atoms with Gasteiger partial charge in [0.2, 0.25) is 0 Å². The second-order valence-electron chi connectivity index (χ2n) is 4.18. The molecule has 0 spiro atoms. The number of likely N-dealkylation sites (tertiary alicyclic amines) is 1.